The van der Waals surface area contributed by atoms with Crippen molar-refractivity contribution in [1.29, 1.82) is 0 Å². The monoisotopic (exact) mass is 390 g/mol. The summed E-state index contributed by atoms with van der Waals surface area (Å²) in [6.45, 7) is 2.04. The number of carbonyl (C=O) groups excluding carboxylic acids is 1. The van der Waals surface area contributed by atoms with Crippen LogP contribution in [0.1, 0.15) is 62.8 Å². The Hall–Kier alpha value is -3.02. The molecule has 1 atom stereocenters. The van der Waals surface area contributed by atoms with Crippen LogP contribution in [0, 0.1) is 0 Å². The van der Waals surface area contributed by atoms with E-state index in [1.54, 1.807) is 12.4 Å². The van der Waals surface area contributed by atoms with Gasteiger partial charge in [-0.25, -0.2) is 0 Å². The number of amides is 1. The summed E-state index contributed by atoms with van der Waals surface area (Å²) >= 11 is 0. The van der Waals surface area contributed by atoms with Gasteiger partial charge in [0.1, 0.15) is 5.54 Å². The Bertz CT molecular complexity index is 934. The second-order valence-corrected chi connectivity index (χ2v) is 7.67. The van der Waals surface area contributed by atoms with Crippen molar-refractivity contribution in [3.63, 3.8) is 0 Å². The summed E-state index contributed by atoms with van der Waals surface area (Å²) in [5.74, 6) is 0.812. The van der Waals surface area contributed by atoms with Gasteiger partial charge >= 0.3 is 0 Å². The van der Waals surface area contributed by atoms with Crippen LogP contribution in [0.3, 0.4) is 0 Å². The van der Waals surface area contributed by atoms with Gasteiger partial charge in [0.15, 0.2) is 0 Å². The maximum atomic E-state index is 13.3. The molecule has 4 rings (SSSR count). The Balaban J connectivity index is 1.62. The Kier molecular flexibility index (Phi) is 5.69. The molecule has 1 aliphatic rings. The van der Waals surface area contributed by atoms with Crippen molar-refractivity contribution in [2.24, 2.45) is 0 Å². The van der Waals surface area contributed by atoms with Gasteiger partial charge in [-0.15, -0.1) is 0 Å². The topological polar surface area (TPSA) is 80.9 Å². The zero-order valence-corrected chi connectivity index (χ0v) is 16.7. The fourth-order valence-corrected chi connectivity index (χ4v) is 4.16. The molecule has 1 aliphatic carbocycles. The molecular weight excluding hydrogens is 364 g/mol. The number of hydrogen-bond acceptors (Lipinski definition) is 5. The van der Waals surface area contributed by atoms with Crippen molar-refractivity contribution >= 4 is 5.91 Å². The third kappa shape index (κ3) is 4.06. The van der Waals surface area contributed by atoms with Crippen LogP contribution in [-0.2, 0) is 10.3 Å². The van der Waals surface area contributed by atoms with Crippen LogP contribution < -0.4 is 5.32 Å². The second kappa shape index (κ2) is 8.55. The molecule has 6 heteroatoms. The van der Waals surface area contributed by atoms with Crippen molar-refractivity contribution in [3.8, 4) is 11.4 Å². The normalized spacial score (nSPS) is 16.9. The SMILES string of the molecule is CCC(C(=O)NC1(c2nc(-c3cccnc3)no2)CCCCC1)c1ccccc1. The molecule has 2 heterocycles. The lowest BCUT2D eigenvalue weighted by molar-refractivity contribution is -0.125. The lowest BCUT2D eigenvalue weighted by Crippen LogP contribution is -2.49. The highest BCUT2D eigenvalue weighted by Crippen LogP contribution is 2.38. The first-order valence-electron chi connectivity index (χ1n) is 10.3. The molecule has 1 unspecified atom stereocenters. The van der Waals surface area contributed by atoms with Crippen LogP contribution in [0.25, 0.3) is 11.4 Å². The molecule has 0 radical (unpaired) electrons. The van der Waals surface area contributed by atoms with Crippen LogP contribution in [0.4, 0.5) is 0 Å². The van der Waals surface area contributed by atoms with Crippen LogP contribution in [0.5, 0.6) is 0 Å². The quantitative estimate of drug-likeness (QED) is 0.665. The zero-order chi connectivity index (χ0) is 20.1. The van der Waals surface area contributed by atoms with Gasteiger partial charge in [-0.2, -0.15) is 4.98 Å². The maximum Gasteiger partial charge on any atom is 0.252 e. The molecule has 1 amide bonds. The minimum atomic E-state index is -0.606. The second-order valence-electron chi connectivity index (χ2n) is 7.67. The molecule has 6 nitrogen and oxygen atoms in total. The number of pyridine rings is 1. The highest BCUT2D eigenvalue weighted by atomic mass is 16.5. The zero-order valence-electron chi connectivity index (χ0n) is 16.7. The first kappa shape index (κ1) is 19.3. The van der Waals surface area contributed by atoms with Crippen molar-refractivity contribution in [1.82, 2.24) is 20.4 Å². The molecule has 29 heavy (non-hydrogen) atoms. The van der Waals surface area contributed by atoms with Gasteiger partial charge in [-0.3, -0.25) is 9.78 Å². The van der Waals surface area contributed by atoms with Gasteiger partial charge < -0.3 is 9.84 Å². The average Bonchev–Trinajstić information content (AvgIpc) is 3.27. The number of benzene rings is 1. The van der Waals surface area contributed by atoms with E-state index in [1.807, 2.05) is 49.4 Å². The van der Waals surface area contributed by atoms with Gasteiger partial charge in [-0.05, 0) is 37.0 Å². The van der Waals surface area contributed by atoms with E-state index in [1.165, 1.54) is 0 Å². The third-order valence-electron chi connectivity index (χ3n) is 5.75. The number of nitrogens with one attached hydrogen (secondary N) is 1. The molecular formula is C23H26N4O2. The number of rotatable bonds is 6. The number of nitrogens with zero attached hydrogens (tertiary/aromatic N) is 3. The summed E-state index contributed by atoms with van der Waals surface area (Å²) in [6.07, 6.45) is 8.95. The van der Waals surface area contributed by atoms with Crippen molar-refractivity contribution in [3.05, 3.63) is 66.3 Å². The molecule has 3 aromatic rings. The van der Waals surface area contributed by atoms with Crippen LogP contribution >= 0.6 is 0 Å². The van der Waals surface area contributed by atoms with Crippen molar-refractivity contribution in [2.75, 3.05) is 0 Å². The van der Waals surface area contributed by atoms with E-state index in [4.69, 9.17) is 4.52 Å². The molecule has 1 N–H and O–H groups in total. The van der Waals surface area contributed by atoms with Gasteiger partial charge in [0.05, 0.1) is 5.92 Å². The van der Waals surface area contributed by atoms with Crippen molar-refractivity contribution < 1.29 is 9.32 Å². The highest BCUT2D eigenvalue weighted by Gasteiger charge is 2.42. The van der Waals surface area contributed by atoms with Crippen LogP contribution in [0.2, 0.25) is 0 Å². The summed E-state index contributed by atoms with van der Waals surface area (Å²) in [5.41, 5.74) is 1.22. The molecule has 2 aromatic heterocycles. The molecule has 1 aromatic carbocycles. The van der Waals surface area contributed by atoms with E-state index in [2.05, 4.69) is 20.4 Å². The first-order valence-corrected chi connectivity index (χ1v) is 10.3. The molecule has 0 saturated heterocycles. The van der Waals surface area contributed by atoms with E-state index in [0.29, 0.717) is 11.7 Å². The average molecular weight is 390 g/mol. The van der Waals surface area contributed by atoms with E-state index in [9.17, 15) is 4.79 Å². The highest BCUT2D eigenvalue weighted by molar-refractivity contribution is 5.84. The predicted octanol–water partition coefficient (Wildman–Crippen LogP) is 4.60. The minimum absolute atomic E-state index is 0.0155. The summed E-state index contributed by atoms with van der Waals surface area (Å²) in [4.78, 5) is 22.1. The Morgan fingerprint density at radius 2 is 1.93 bits per heavy atom. The van der Waals surface area contributed by atoms with Gasteiger partial charge in [0.2, 0.25) is 11.7 Å². The predicted molar refractivity (Wildman–Crippen MR) is 110 cm³/mol. The lowest BCUT2D eigenvalue weighted by Gasteiger charge is -2.36. The first-order chi connectivity index (χ1) is 14.2. The molecule has 150 valence electrons. The number of carbonyl (C=O) groups is 1. The summed E-state index contributed by atoms with van der Waals surface area (Å²) in [6, 6.07) is 13.7. The molecule has 0 spiro atoms. The Morgan fingerprint density at radius 1 is 1.14 bits per heavy atom. The largest absolute Gasteiger partial charge is 0.341 e. The fourth-order valence-electron chi connectivity index (χ4n) is 4.16. The van der Waals surface area contributed by atoms with Gasteiger partial charge in [0.25, 0.3) is 5.89 Å². The lowest BCUT2D eigenvalue weighted by atomic mass is 9.80. The Labute approximate surface area is 170 Å². The molecule has 0 aliphatic heterocycles. The number of aromatic nitrogens is 3. The van der Waals surface area contributed by atoms with Crippen LogP contribution in [-0.4, -0.2) is 21.0 Å². The van der Waals surface area contributed by atoms with Gasteiger partial charge in [-0.1, -0.05) is 61.7 Å². The number of hydrogen-bond donors (Lipinski definition) is 1. The molecule has 1 fully saturated rings. The summed E-state index contributed by atoms with van der Waals surface area (Å²) in [5, 5.41) is 7.47. The van der Waals surface area contributed by atoms with Crippen molar-refractivity contribution in [2.45, 2.75) is 56.9 Å². The summed E-state index contributed by atoms with van der Waals surface area (Å²) < 4.78 is 5.68. The standard InChI is InChI=1S/C23H26N4O2/c1-2-19(17-10-5-3-6-11-17)21(28)26-23(13-7-4-8-14-23)22-25-20(27-29-22)18-12-9-15-24-16-18/h3,5-6,9-12,15-16,19H,2,4,7-8,13-14H2,1H3,(H,26,28). The summed E-state index contributed by atoms with van der Waals surface area (Å²) in [7, 11) is 0. The van der Waals surface area contributed by atoms with Gasteiger partial charge in [0, 0.05) is 18.0 Å². The van der Waals surface area contributed by atoms with E-state index < -0.39 is 5.54 Å². The maximum absolute atomic E-state index is 13.3. The van der Waals surface area contributed by atoms with E-state index in [0.717, 1.165) is 49.7 Å². The molecule has 0 bridgehead atoms. The van der Waals surface area contributed by atoms with E-state index in [-0.39, 0.29) is 11.8 Å². The smallest absolute Gasteiger partial charge is 0.252 e. The van der Waals surface area contributed by atoms with Crippen LogP contribution in [0.15, 0.2) is 59.4 Å². The molecule has 1 saturated carbocycles. The Morgan fingerprint density at radius 3 is 2.62 bits per heavy atom. The third-order valence-corrected chi connectivity index (χ3v) is 5.75. The fraction of sp³-hybridized carbons (Fsp3) is 0.391. The minimum Gasteiger partial charge on any atom is -0.341 e. The van der Waals surface area contributed by atoms with E-state index >= 15 is 0 Å².